The molecule has 0 spiro atoms. The first-order valence-corrected chi connectivity index (χ1v) is 4.12. The van der Waals surface area contributed by atoms with Crippen LogP contribution in [0.1, 0.15) is 12.5 Å². The highest BCUT2D eigenvalue weighted by Crippen LogP contribution is 2.04. The lowest BCUT2D eigenvalue weighted by Gasteiger charge is -2.21. The van der Waals surface area contributed by atoms with Crippen LogP contribution in [-0.4, -0.2) is 20.6 Å². The number of nitrogens with zero attached hydrogens (tertiary/aromatic N) is 1. The van der Waals surface area contributed by atoms with E-state index >= 15 is 0 Å². The minimum Gasteiger partial charge on any atom is -0.478 e. The topological polar surface area (TPSA) is 118 Å². The monoisotopic (exact) mass is 213 g/mol. The molecule has 0 saturated carbocycles. The molecule has 0 amide bonds. The third-order valence-electron chi connectivity index (χ3n) is 2.05. The second kappa shape index (κ2) is 3.35. The smallest absolute Gasteiger partial charge is 0.344 e. The van der Waals surface area contributed by atoms with Crippen molar-refractivity contribution in [2.45, 2.75) is 19.5 Å². The molecule has 7 heteroatoms. The van der Waals surface area contributed by atoms with Crippen molar-refractivity contribution in [1.82, 2.24) is 9.55 Å². The number of aromatic nitrogens is 2. The Hall–Kier alpha value is -1.89. The van der Waals surface area contributed by atoms with Crippen molar-refractivity contribution in [2.75, 3.05) is 0 Å². The van der Waals surface area contributed by atoms with Crippen LogP contribution in [0.4, 0.5) is 0 Å². The van der Waals surface area contributed by atoms with Gasteiger partial charge in [-0.1, -0.05) is 0 Å². The maximum Gasteiger partial charge on any atom is 0.344 e. The minimum atomic E-state index is -1.88. The van der Waals surface area contributed by atoms with E-state index in [9.17, 15) is 14.4 Å². The molecule has 0 unspecified atom stereocenters. The highest BCUT2D eigenvalue weighted by Gasteiger charge is 2.31. The van der Waals surface area contributed by atoms with Crippen LogP contribution in [0.3, 0.4) is 0 Å². The van der Waals surface area contributed by atoms with Gasteiger partial charge in [0, 0.05) is 11.8 Å². The largest absolute Gasteiger partial charge is 0.478 e. The van der Waals surface area contributed by atoms with Gasteiger partial charge in [-0.05, 0) is 13.8 Å². The molecule has 1 atom stereocenters. The van der Waals surface area contributed by atoms with Gasteiger partial charge in [-0.2, -0.15) is 0 Å². The summed E-state index contributed by atoms with van der Waals surface area (Å²) in [6, 6.07) is 0. The molecule has 82 valence electrons. The number of carboxylic acids is 1. The van der Waals surface area contributed by atoms with E-state index in [0.717, 1.165) is 17.7 Å². The first-order chi connectivity index (χ1) is 6.76. The molecule has 0 aliphatic heterocycles. The average Bonchev–Trinajstić information content (AvgIpc) is 2.10. The molecular weight excluding hydrogens is 202 g/mol. The lowest BCUT2D eigenvalue weighted by molar-refractivity contribution is -0.146. The molecule has 15 heavy (non-hydrogen) atoms. The highest BCUT2D eigenvalue weighted by atomic mass is 16.4. The maximum absolute atomic E-state index is 11.3. The standard InChI is InChI=1S/C8H11N3O4/c1-4-3-11(7(15)10-5(4)12)8(2,9)6(13)14/h3H,9H2,1-2H3,(H,13,14)(H,10,12,15)/t8-/m1/s1. The summed E-state index contributed by atoms with van der Waals surface area (Å²) in [6.45, 7) is 2.61. The van der Waals surface area contributed by atoms with Crippen molar-refractivity contribution in [3.8, 4) is 0 Å². The van der Waals surface area contributed by atoms with E-state index in [1.54, 1.807) is 0 Å². The Morgan fingerprint density at radius 2 is 2.13 bits per heavy atom. The molecule has 0 radical (unpaired) electrons. The van der Waals surface area contributed by atoms with Crippen LogP contribution in [-0.2, 0) is 10.5 Å². The number of aryl methyl sites for hydroxylation is 1. The molecule has 1 aromatic heterocycles. The summed E-state index contributed by atoms with van der Waals surface area (Å²) in [4.78, 5) is 35.1. The zero-order valence-corrected chi connectivity index (χ0v) is 8.27. The molecule has 0 bridgehead atoms. The van der Waals surface area contributed by atoms with E-state index in [1.165, 1.54) is 6.92 Å². The minimum absolute atomic E-state index is 0.215. The van der Waals surface area contributed by atoms with Gasteiger partial charge < -0.3 is 5.11 Å². The van der Waals surface area contributed by atoms with Crippen molar-refractivity contribution in [2.24, 2.45) is 5.73 Å². The lowest BCUT2D eigenvalue weighted by Crippen LogP contribution is -2.53. The van der Waals surface area contributed by atoms with Gasteiger partial charge in [-0.15, -0.1) is 0 Å². The first-order valence-electron chi connectivity index (χ1n) is 4.12. The number of aromatic amines is 1. The van der Waals surface area contributed by atoms with Crippen molar-refractivity contribution in [3.63, 3.8) is 0 Å². The number of nitrogens with one attached hydrogen (secondary N) is 1. The number of nitrogens with two attached hydrogens (primary N) is 1. The van der Waals surface area contributed by atoms with E-state index in [0.29, 0.717) is 0 Å². The number of hydrogen-bond donors (Lipinski definition) is 3. The van der Waals surface area contributed by atoms with Crippen LogP contribution in [0.5, 0.6) is 0 Å². The molecule has 1 aromatic rings. The van der Waals surface area contributed by atoms with Crippen LogP contribution in [0.2, 0.25) is 0 Å². The molecular formula is C8H11N3O4. The first kappa shape index (κ1) is 11.2. The van der Waals surface area contributed by atoms with Crippen molar-refractivity contribution in [3.05, 3.63) is 32.6 Å². The molecule has 1 rings (SSSR count). The number of carbonyl (C=O) groups is 1. The average molecular weight is 213 g/mol. The summed E-state index contributed by atoms with van der Waals surface area (Å²) < 4.78 is 0.770. The molecule has 0 fully saturated rings. The SMILES string of the molecule is Cc1cn([C@@](C)(N)C(=O)O)c(=O)[nH]c1=O. The Kier molecular flexibility index (Phi) is 2.50. The molecule has 0 aromatic carbocycles. The molecule has 0 aliphatic rings. The Labute approximate surface area is 84.2 Å². The van der Waals surface area contributed by atoms with Gasteiger partial charge in [-0.25, -0.2) is 9.59 Å². The van der Waals surface area contributed by atoms with Crippen LogP contribution >= 0.6 is 0 Å². The van der Waals surface area contributed by atoms with Gasteiger partial charge in [0.25, 0.3) is 5.56 Å². The zero-order valence-electron chi connectivity index (χ0n) is 8.27. The number of aliphatic carboxylic acids is 1. The third-order valence-corrected chi connectivity index (χ3v) is 2.05. The number of rotatable bonds is 2. The Morgan fingerprint density at radius 3 is 2.60 bits per heavy atom. The molecule has 4 N–H and O–H groups in total. The van der Waals surface area contributed by atoms with Gasteiger partial charge >= 0.3 is 11.7 Å². The van der Waals surface area contributed by atoms with Gasteiger partial charge in [0.15, 0.2) is 5.66 Å². The summed E-state index contributed by atoms with van der Waals surface area (Å²) in [5, 5.41) is 8.80. The molecule has 7 nitrogen and oxygen atoms in total. The zero-order chi connectivity index (χ0) is 11.8. The fourth-order valence-electron chi connectivity index (χ4n) is 1.01. The van der Waals surface area contributed by atoms with E-state index in [1.807, 2.05) is 4.98 Å². The van der Waals surface area contributed by atoms with Crippen molar-refractivity contribution in [1.29, 1.82) is 0 Å². The van der Waals surface area contributed by atoms with Crippen LogP contribution in [0, 0.1) is 6.92 Å². The van der Waals surface area contributed by atoms with Crippen LogP contribution < -0.4 is 17.0 Å². The number of carboxylic acid groups (broad SMARTS) is 1. The quantitative estimate of drug-likeness (QED) is 0.556. The predicted molar refractivity (Wildman–Crippen MR) is 51.5 cm³/mol. The van der Waals surface area contributed by atoms with Gasteiger partial charge in [0.1, 0.15) is 0 Å². The van der Waals surface area contributed by atoms with Crippen molar-refractivity contribution < 1.29 is 9.90 Å². The third kappa shape index (κ3) is 1.82. The van der Waals surface area contributed by atoms with Gasteiger partial charge in [-0.3, -0.25) is 20.1 Å². The Bertz CT molecular complexity index is 511. The van der Waals surface area contributed by atoms with E-state index < -0.39 is 22.9 Å². The summed E-state index contributed by atoms with van der Waals surface area (Å²) in [5.41, 5.74) is 2.37. The Morgan fingerprint density at radius 1 is 1.60 bits per heavy atom. The fraction of sp³-hybridized carbons (Fsp3) is 0.375. The van der Waals surface area contributed by atoms with Gasteiger partial charge in [0.05, 0.1) is 0 Å². The fourth-order valence-corrected chi connectivity index (χ4v) is 1.01. The maximum atomic E-state index is 11.3. The van der Waals surface area contributed by atoms with E-state index in [-0.39, 0.29) is 5.56 Å². The highest BCUT2D eigenvalue weighted by molar-refractivity contribution is 5.75. The van der Waals surface area contributed by atoms with Gasteiger partial charge in [0.2, 0.25) is 0 Å². The second-order valence-electron chi connectivity index (χ2n) is 3.39. The summed E-state index contributed by atoms with van der Waals surface area (Å²) in [5.74, 6) is -1.36. The van der Waals surface area contributed by atoms with E-state index in [4.69, 9.17) is 10.8 Å². The predicted octanol–water partition coefficient (Wildman–Crippen LogP) is -1.44. The Balaban J connectivity index is 3.53. The van der Waals surface area contributed by atoms with Crippen LogP contribution in [0.15, 0.2) is 15.8 Å². The van der Waals surface area contributed by atoms with Crippen LogP contribution in [0.25, 0.3) is 0 Å². The summed E-state index contributed by atoms with van der Waals surface area (Å²) in [6.07, 6.45) is 1.12. The molecule has 0 saturated heterocycles. The number of hydrogen-bond acceptors (Lipinski definition) is 4. The van der Waals surface area contributed by atoms with Crippen molar-refractivity contribution >= 4 is 5.97 Å². The number of H-pyrrole nitrogens is 1. The van der Waals surface area contributed by atoms with E-state index in [2.05, 4.69) is 0 Å². The second-order valence-corrected chi connectivity index (χ2v) is 3.39. The lowest BCUT2D eigenvalue weighted by atomic mass is 10.2. The summed E-state index contributed by atoms with van der Waals surface area (Å²) >= 11 is 0. The molecule has 1 heterocycles. The molecule has 0 aliphatic carbocycles. The normalized spacial score (nSPS) is 14.6. The summed E-state index contributed by atoms with van der Waals surface area (Å²) in [7, 11) is 0.